The highest BCUT2D eigenvalue weighted by Gasteiger charge is 2.41. The molecule has 0 bridgehead atoms. The van der Waals surface area contributed by atoms with Crippen LogP contribution in [0.15, 0.2) is 17.0 Å². The minimum absolute atomic E-state index is 0.343. The van der Waals surface area contributed by atoms with E-state index in [-0.39, 0.29) is 0 Å². The smallest absolute Gasteiger partial charge is 0.241 e. The second-order valence-electron chi connectivity index (χ2n) is 6.47. The van der Waals surface area contributed by atoms with Gasteiger partial charge in [0.25, 0.3) is 0 Å². The third kappa shape index (κ3) is 3.40. The lowest BCUT2D eigenvalue weighted by atomic mass is 10.0. The molecule has 21 heavy (non-hydrogen) atoms. The van der Waals surface area contributed by atoms with E-state index in [2.05, 4.69) is 4.72 Å². The maximum Gasteiger partial charge on any atom is 0.241 e. The number of nitrogen functional groups attached to an aromatic ring is 1. The molecule has 1 saturated carbocycles. The van der Waals surface area contributed by atoms with Crippen molar-refractivity contribution in [1.29, 1.82) is 0 Å². The summed E-state index contributed by atoms with van der Waals surface area (Å²) in [6.45, 7) is 7.85. The average Bonchev–Trinajstić information content (AvgIpc) is 3.21. The first-order chi connectivity index (χ1) is 9.71. The first-order valence-corrected chi connectivity index (χ1v) is 9.14. The van der Waals surface area contributed by atoms with Gasteiger partial charge in [-0.05, 0) is 68.7 Å². The first kappa shape index (κ1) is 16.3. The molecule has 1 aliphatic rings. The summed E-state index contributed by atoms with van der Waals surface area (Å²) in [6, 6.07) is 3.64. The van der Waals surface area contributed by atoms with Crippen molar-refractivity contribution in [1.82, 2.24) is 4.72 Å². The van der Waals surface area contributed by atoms with Crippen molar-refractivity contribution in [3.8, 4) is 0 Å². The zero-order valence-corrected chi connectivity index (χ0v) is 14.2. The Hall–Kier alpha value is -1.07. The van der Waals surface area contributed by atoms with Gasteiger partial charge in [0.2, 0.25) is 10.0 Å². The average molecular weight is 310 g/mol. The normalized spacial score (nSPS) is 16.2. The third-order valence-electron chi connectivity index (χ3n) is 4.35. The number of hydrogen-bond donors (Lipinski definition) is 2. The van der Waals surface area contributed by atoms with Crippen LogP contribution in [0.25, 0.3) is 0 Å². The van der Waals surface area contributed by atoms with Crippen LogP contribution < -0.4 is 10.5 Å². The molecule has 5 heteroatoms. The van der Waals surface area contributed by atoms with E-state index in [0.717, 1.165) is 24.8 Å². The van der Waals surface area contributed by atoms with E-state index < -0.39 is 15.6 Å². The van der Waals surface area contributed by atoms with Crippen LogP contribution in [0, 0.1) is 5.92 Å². The number of nitrogens with one attached hydrogen (secondary N) is 1. The van der Waals surface area contributed by atoms with Gasteiger partial charge in [0.15, 0.2) is 0 Å². The molecular weight excluding hydrogens is 284 g/mol. The predicted octanol–water partition coefficient (Wildman–Crippen LogP) is 2.86. The summed E-state index contributed by atoms with van der Waals surface area (Å²) in [5.41, 5.74) is 7.88. The van der Waals surface area contributed by atoms with Gasteiger partial charge in [-0.15, -0.1) is 0 Å². The number of benzene rings is 1. The van der Waals surface area contributed by atoms with Crippen LogP contribution in [0.3, 0.4) is 0 Å². The zero-order chi connectivity index (χ0) is 15.8. The summed E-state index contributed by atoms with van der Waals surface area (Å²) < 4.78 is 28.5. The number of sulfonamides is 1. The Balaban J connectivity index is 2.45. The lowest BCUT2D eigenvalue weighted by Gasteiger charge is -2.27. The molecule has 0 atom stereocenters. The fraction of sp³-hybridized carbons (Fsp3) is 0.625. The van der Waals surface area contributed by atoms with Crippen molar-refractivity contribution in [3.63, 3.8) is 0 Å². The monoisotopic (exact) mass is 310 g/mol. The van der Waals surface area contributed by atoms with Gasteiger partial charge in [0.05, 0.1) is 4.90 Å². The van der Waals surface area contributed by atoms with E-state index in [1.54, 1.807) is 6.07 Å². The van der Waals surface area contributed by atoms with Gasteiger partial charge >= 0.3 is 0 Å². The molecule has 1 aliphatic carbocycles. The Morgan fingerprint density at radius 1 is 1.24 bits per heavy atom. The molecule has 0 aliphatic heterocycles. The fourth-order valence-electron chi connectivity index (χ4n) is 2.84. The molecule has 1 aromatic rings. The number of anilines is 1. The maximum atomic E-state index is 12.8. The van der Waals surface area contributed by atoms with E-state index >= 15 is 0 Å². The Bertz CT molecular complexity index is 632. The molecule has 4 nitrogen and oxygen atoms in total. The minimum atomic E-state index is -3.55. The molecule has 3 N–H and O–H groups in total. The second-order valence-corrected chi connectivity index (χ2v) is 8.12. The van der Waals surface area contributed by atoms with E-state index in [0.29, 0.717) is 28.5 Å². The number of aryl methyl sites for hydroxylation is 1. The van der Waals surface area contributed by atoms with Crippen molar-refractivity contribution in [2.24, 2.45) is 5.92 Å². The van der Waals surface area contributed by atoms with Gasteiger partial charge in [-0.1, -0.05) is 13.8 Å². The van der Waals surface area contributed by atoms with Crippen molar-refractivity contribution in [2.45, 2.75) is 63.8 Å². The minimum Gasteiger partial charge on any atom is -0.398 e. The summed E-state index contributed by atoms with van der Waals surface area (Å²) >= 11 is 0. The van der Waals surface area contributed by atoms with Crippen molar-refractivity contribution < 1.29 is 8.42 Å². The highest BCUT2D eigenvalue weighted by molar-refractivity contribution is 7.89. The summed E-state index contributed by atoms with van der Waals surface area (Å²) in [5, 5.41) is 0. The predicted molar refractivity (Wildman–Crippen MR) is 86.7 cm³/mol. The molecule has 0 aromatic heterocycles. The highest BCUT2D eigenvalue weighted by Crippen LogP contribution is 2.40. The van der Waals surface area contributed by atoms with Crippen LogP contribution in [0.1, 0.15) is 51.7 Å². The van der Waals surface area contributed by atoms with Crippen LogP contribution in [0.4, 0.5) is 5.69 Å². The molecule has 0 heterocycles. The van der Waals surface area contributed by atoms with E-state index in [9.17, 15) is 8.42 Å². The third-order valence-corrected chi connectivity index (χ3v) is 6.09. The molecule has 0 amide bonds. The van der Waals surface area contributed by atoms with Gasteiger partial charge in [0, 0.05) is 11.2 Å². The molecule has 1 fully saturated rings. The maximum absolute atomic E-state index is 12.8. The van der Waals surface area contributed by atoms with E-state index in [1.807, 2.05) is 33.8 Å². The topological polar surface area (TPSA) is 72.2 Å². The van der Waals surface area contributed by atoms with Crippen LogP contribution in [-0.4, -0.2) is 14.0 Å². The quantitative estimate of drug-likeness (QED) is 0.794. The molecular formula is C16H26N2O2S. The Kier molecular flexibility index (Phi) is 4.36. The van der Waals surface area contributed by atoms with Crippen LogP contribution in [0.2, 0.25) is 0 Å². The summed E-state index contributed by atoms with van der Waals surface area (Å²) in [6.07, 6.45) is 3.55. The van der Waals surface area contributed by atoms with Gasteiger partial charge in [-0.2, -0.15) is 0 Å². The SMILES string of the molecule is CCc1cc(N)c(CC)c(S(=O)(=O)NC(C)(C)C2CC2)c1. The zero-order valence-electron chi connectivity index (χ0n) is 13.4. The fourth-order valence-corrected chi connectivity index (χ4v) is 4.70. The Morgan fingerprint density at radius 2 is 1.86 bits per heavy atom. The van der Waals surface area contributed by atoms with Crippen molar-refractivity contribution >= 4 is 15.7 Å². The first-order valence-electron chi connectivity index (χ1n) is 7.66. The molecule has 0 radical (unpaired) electrons. The summed E-state index contributed by atoms with van der Waals surface area (Å²) in [7, 11) is -3.55. The summed E-state index contributed by atoms with van der Waals surface area (Å²) in [4.78, 5) is 0.343. The molecule has 0 spiro atoms. The lowest BCUT2D eigenvalue weighted by Crippen LogP contribution is -2.45. The number of rotatable bonds is 6. The lowest BCUT2D eigenvalue weighted by molar-refractivity contribution is 0.400. The molecule has 118 valence electrons. The number of hydrogen-bond acceptors (Lipinski definition) is 3. The molecule has 2 rings (SSSR count). The van der Waals surface area contributed by atoms with Crippen LogP contribution in [-0.2, 0) is 22.9 Å². The van der Waals surface area contributed by atoms with E-state index in [1.165, 1.54) is 0 Å². The second kappa shape index (κ2) is 5.61. The molecule has 1 aromatic carbocycles. The van der Waals surface area contributed by atoms with Crippen molar-refractivity contribution in [2.75, 3.05) is 5.73 Å². The largest absolute Gasteiger partial charge is 0.398 e. The van der Waals surface area contributed by atoms with Gasteiger partial charge in [-0.3, -0.25) is 0 Å². The van der Waals surface area contributed by atoms with Gasteiger partial charge < -0.3 is 5.73 Å². The number of nitrogens with two attached hydrogens (primary N) is 1. The van der Waals surface area contributed by atoms with E-state index in [4.69, 9.17) is 5.73 Å². The van der Waals surface area contributed by atoms with Gasteiger partial charge in [-0.25, -0.2) is 13.1 Å². The Morgan fingerprint density at radius 3 is 2.33 bits per heavy atom. The van der Waals surface area contributed by atoms with Crippen LogP contribution in [0.5, 0.6) is 0 Å². The highest BCUT2D eigenvalue weighted by atomic mass is 32.2. The van der Waals surface area contributed by atoms with Crippen molar-refractivity contribution in [3.05, 3.63) is 23.3 Å². The van der Waals surface area contributed by atoms with Gasteiger partial charge in [0.1, 0.15) is 0 Å². The Labute approximate surface area is 128 Å². The molecule has 0 unspecified atom stereocenters. The molecule has 0 saturated heterocycles. The van der Waals surface area contributed by atoms with Crippen LogP contribution >= 0.6 is 0 Å². The standard InChI is InChI=1S/C16H26N2O2S/c1-5-11-9-14(17)13(6-2)15(10-11)21(19,20)18-16(3,4)12-7-8-12/h9-10,12,18H,5-8,17H2,1-4H3. The summed E-state index contributed by atoms with van der Waals surface area (Å²) in [5.74, 6) is 0.434.